The summed E-state index contributed by atoms with van der Waals surface area (Å²) in [7, 11) is 0. The summed E-state index contributed by atoms with van der Waals surface area (Å²) in [4.78, 5) is 4.61. The van der Waals surface area contributed by atoms with Crippen molar-refractivity contribution in [2.45, 2.75) is 71.1 Å². The molecule has 0 aliphatic heterocycles. The molecule has 5 rings (SSSR count). The molecule has 0 saturated heterocycles. The SMILES string of the molecule is CCC(CC(C)c1ccccn1)C12CC3CC(CC(C3)C1)C2. The van der Waals surface area contributed by atoms with Gasteiger partial charge in [-0.25, -0.2) is 0 Å². The van der Waals surface area contributed by atoms with Gasteiger partial charge in [0.15, 0.2) is 0 Å². The van der Waals surface area contributed by atoms with Crippen LogP contribution in [0.5, 0.6) is 0 Å². The first kappa shape index (κ1) is 14.7. The molecule has 4 fully saturated rings. The normalized spacial score (nSPS) is 38.9. The van der Waals surface area contributed by atoms with Crippen LogP contribution >= 0.6 is 0 Å². The van der Waals surface area contributed by atoms with Gasteiger partial charge in [0.05, 0.1) is 0 Å². The van der Waals surface area contributed by atoms with E-state index in [9.17, 15) is 0 Å². The van der Waals surface area contributed by atoms with Crippen molar-refractivity contribution in [3.8, 4) is 0 Å². The van der Waals surface area contributed by atoms with Crippen molar-refractivity contribution >= 4 is 0 Å². The summed E-state index contributed by atoms with van der Waals surface area (Å²) in [6, 6.07) is 6.40. The molecule has 4 aliphatic rings. The van der Waals surface area contributed by atoms with Crippen LogP contribution in [0, 0.1) is 29.1 Å². The van der Waals surface area contributed by atoms with Gasteiger partial charge < -0.3 is 0 Å². The van der Waals surface area contributed by atoms with Gasteiger partial charge in [-0.05, 0) is 92.1 Å². The molecule has 0 spiro atoms. The molecule has 4 bridgehead atoms. The molecule has 0 N–H and O–H groups in total. The third kappa shape index (κ3) is 2.51. The molecule has 1 aromatic rings. The highest BCUT2D eigenvalue weighted by atomic mass is 14.7. The number of hydrogen-bond donors (Lipinski definition) is 0. The standard InChI is InChI=1S/C21H31N/c1-3-19(8-15(2)20-6-4-5-7-22-20)21-12-16-9-17(13-21)11-18(10-16)14-21/h4-7,15-19H,3,8-14H2,1-2H3. The molecule has 22 heavy (non-hydrogen) atoms. The lowest BCUT2D eigenvalue weighted by Gasteiger charge is -2.60. The van der Waals surface area contributed by atoms with Gasteiger partial charge in [0.1, 0.15) is 0 Å². The maximum absolute atomic E-state index is 4.61. The molecule has 1 heteroatoms. The van der Waals surface area contributed by atoms with Crippen molar-refractivity contribution in [1.29, 1.82) is 0 Å². The molecule has 120 valence electrons. The first-order chi connectivity index (χ1) is 10.7. The van der Waals surface area contributed by atoms with Gasteiger partial charge in [-0.1, -0.05) is 26.3 Å². The molecule has 2 atom stereocenters. The highest BCUT2D eigenvalue weighted by Gasteiger charge is 2.53. The highest BCUT2D eigenvalue weighted by molar-refractivity contribution is 5.10. The van der Waals surface area contributed by atoms with Gasteiger partial charge in [0, 0.05) is 11.9 Å². The summed E-state index contributed by atoms with van der Waals surface area (Å²) in [6.07, 6.45) is 14.0. The van der Waals surface area contributed by atoms with Crippen LogP contribution in [0.3, 0.4) is 0 Å². The Balaban J connectivity index is 1.52. The van der Waals surface area contributed by atoms with Gasteiger partial charge in [0.25, 0.3) is 0 Å². The number of aromatic nitrogens is 1. The predicted octanol–water partition coefficient (Wildman–Crippen LogP) is 5.82. The van der Waals surface area contributed by atoms with Crippen molar-refractivity contribution in [1.82, 2.24) is 4.98 Å². The monoisotopic (exact) mass is 297 g/mol. The third-order valence-electron chi connectivity index (χ3n) is 7.28. The zero-order chi connectivity index (χ0) is 15.2. The van der Waals surface area contributed by atoms with Crippen molar-refractivity contribution in [2.24, 2.45) is 29.1 Å². The van der Waals surface area contributed by atoms with E-state index in [0.29, 0.717) is 11.3 Å². The Hall–Kier alpha value is -0.850. The fraction of sp³-hybridized carbons (Fsp3) is 0.762. The van der Waals surface area contributed by atoms with Crippen molar-refractivity contribution in [2.75, 3.05) is 0 Å². The zero-order valence-corrected chi connectivity index (χ0v) is 14.3. The second-order valence-corrected chi connectivity index (χ2v) is 8.78. The number of pyridine rings is 1. The lowest BCUT2D eigenvalue weighted by atomic mass is 9.45. The second kappa shape index (κ2) is 5.65. The minimum absolute atomic E-state index is 0.610. The zero-order valence-electron chi connectivity index (χ0n) is 14.3. The van der Waals surface area contributed by atoms with E-state index in [1.54, 1.807) is 38.5 Å². The summed E-state index contributed by atoms with van der Waals surface area (Å²) in [5, 5.41) is 0. The van der Waals surface area contributed by atoms with E-state index in [1.807, 2.05) is 12.3 Å². The average molecular weight is 297 g/mol. The average Bonchev–Trinajstić information content (AvgIpc) is 2.51. The van der Waals surface area contributed by atoms with Crippen molar-refractivity contribution in [3.05, 3.63) is 30.1 Å². The van der Waals surface area contributed by atoms with E-state index in [1.165, 1.54) is 18.5 Å². The molecule has 0 aromatic carbocycles. The first-order valence-electron chi connectivity index (χ1n) is 9.59. The van der Waals surface area contributed by atoms with E-state index < -0.39 is 0 Å². The van der Waals surface area contributed by atoms with E-state index in [-0.39, 0.29) is 0 Å². The minimum Gasteiger partial charge on any atom is -0.261 e. The Morgan fingerprint density at radius 2 is 1.73 bits per heavy atom. The van der Waals surface area contributed by atoms with Crippen molar-refractivity contribution < 1.29 is 0 Å². The van der Waals surface area contributed by atoms with E-state index in [4.69, 9.17) is 0 Å². The van der Waals surface area contributed by atoms with Crippen LogP contribution in [0.2, 0.25) is 0 Å². The Morgan fingerprint density at radius 3 is 2.23 bits per heavy atom. The maximum atomic E-state index is 4.61. The van der Waals surface area contributed by atoms with Crippen LogP contribution in [-0.2, 0) is 0 Å². The summed E-state index contributed by atoms with van der Waals surface area (Å²) in [5.41, 5.74) is 2.00. The van der Waals surface area contributed by atoms with Gasteiger partial charge >= 0.3 is 0 Å². The molecule has 0 radical (unpaired) electrons. The Kier molecular flexibility index (Phi) is 3.78. The number of nitrogens with zero attached hydrogens (tertiary/aromatic N) is 1. The highest BCUT2D eigenvalue weighted by Crippen LogP contribution is 2.64. The van der Waals surface area contributed by atoms with Crippen LogP contribution < -0.4 is 0 Å². The first-order valence-corrected chi connectivity index (χ1v) is 9.59. The van der Waals surface area contributed by atoms with Crippen LogP contribution in [0.15, 0.2) is 24.4 Å². The van der Waals surface area contributed by atoms with Crippen molar-refractivity contribution in [3.63, 3.8) is 0 Å². The molecule has 4 aliphatic carbocycles. The van der Waals surface area contributed by atoms with Crippen LogP contribution in [0.4, 0.5) is 0 Å². The fourth-order valence-electron chi connectivity index (χ4n) is 6.74. The van der Waals surface area contributed by atoms with E-state index >= 15 is 0 Å². The summed E-state index contributed by atoms with van der Waals surface area (Å²) in [5.74, 6) is 4.75. The van der Waals surface area contributed by atoms with Gasteiger partial charge in [-0.2, -0.15) is 0 Å². The molecule has 1 aromatic heterocycles. The quantitative estimate of drug-likeness (QED) is 0.667. The molecular weight excluding hydrogens is 266 g/mol. The number of hydrogen-bond acceptors (Lipinski definition) is 1. The van der Waals surface area contributed by atoms with Crippen LogP contribution in [0.1, 0.15) is 76.8 Å². The topological polar surface area (TPSA) is 12.9 Å². The lowest BCUT2D eigenvalue weighted by molar-refractivity contribution is -0.0911. The van der Waals surface area contributed by atoms with E-state index in [2.05, 4.69) is 31.0 Å². The number of rotatable bonds is 5. The Labute approximate surface area is 135 Å². The fourth-order valence-corrected chi connectivity index (χ4v) is 6.74. The lowest BCUT2D eigenvalue weighted by Crippen LogP contribution is -2.49. The molecule has 2 unspecified atom stereocenters. The largest absolute Gasteiger partial charge is 0.261 e. The Morgan fingerprint density at radius 1 is 1.09 bits per heavy atom. The third-order valence-corrected chi connectivity index (χ3v) is 7.28. The summed E-state index contributed by atoms with van der Waals surface area (Å²) >= 11 is 0. The van der Waals surface area contributed by atoms with Crippen LogP contribution in [0.25, 0.3) is 0 Å². The smallest absolute Gasteiger partial charge is 0.0431 e. The van der Waals surface area contributed by atoms with Gasteiger partial charge in [-0.15, -0.1) is 0 Å². The van der Waals surface area contributed by atoms with Crippen LogP contribution in [-0.4, -0.2) is 4.98 Å². The molecular formula is C21H31N. The molecule has 1 heterocycles. The molecule has 0 amide bonds. The molecule has 1 nitrogen and oxygen atoms in total. The van der Waals surface area contributed by atoms with E-state index in [0.717, 1.165) is 23.7 Å². The summed E-state index contributed by atoms with van der Waals surface area (Å²) in [6.45, 7) is 4.83. The summed E-state index contributed by atoms with van der Waals surface area (Å²) < 4.78 is 0. The van der Waals surface area contributed by atoms with Gasteiger partial charge in [0.2, 0.25) is 0 Å². The Bertz CT molecular complexity index is 471. The van der Waals surface area contributed by atoms with Gasteiger partial charge in [-0.3, -0.25) is 4.98 Å². The maximum Gasteiger partial charge on any atom is 0.0431 e. The minimum atomic E-state index is 0.610. The predicted molar refractivity (Wildman–Crippen MR) is 91.7 cm³/mol. The molecule has 4 saturated carbocycles. The second-order valence-electron chi connectivity index (χ2n) is 8.78.